The number of carboxylic acid groups (broad SMARTS) is 1. The van der Waals surface area contributed by atoms with Crippen LogP contribution in [-0.2, 0) is 24.6 Å². The van der Waals surface area contributed by atoms with E-state index in [9.17, 15) is 28.3 Å². The molecule has 1 aliphatic heterocycles. The Kier molecular flexibility index (Phi) is 9.23. The van der Waals surface area contributed by atoms with Crippen LogP contribution in [0, 0.1) is 17.1 Å². The number of nitrogens with zero attached hydrogens (tertiary/aromatic N) is 3. The molecule has 1 aliphatic rings. The van der Waals surface area contributed by atoms with Crippen molar-refractivity contribution in [3.05, 3.63) is 113 Å². The lowest BCUT2D eigenvalue weighted by molar-refractivity contribution is -0.142. The largest absolute Gasteiger partial charge is 0.489 e. The Morgan fingerprint density at radius 3 is 2.60 bits per heavy atom. The summed E-state index contributed by atoms with van der Waals surface area (Å²) in [6.07, 6.45) is 1.47. The fourth-order valence-corrected chi connectivity index (χ4v) is 5.26. The van der Waals surface area contributed by atoms with E-state index in [4.69, 9.17) is 9.47 Å². The molecule has 220 valence electrons. The van der Waals surface area contributed by atoms with Crippen LogP contribution >= 0.6 is 0 Å². The van der Waals surface area contributed by atoms with Crippen molar-refractivity contribution in [1.29, 1.82) is 5.26 Å². The molecule has 1 saturated heterocycles. The SMILES string of the molecule is N#Cc1cncc(COc2cc(OCc3cccc(-c4ccccc4F)c3C(F)F)ccc2CN2CCC[C@H]2C(=O)O)c1. The number of carboxylic acids is 1. The second-order valence-electron chi connectivity index (χ2n) is 10.2. The first-order valence-electron chi connectivity index (χ1n) is 13.7. The molecular formula is C33H28F3N3O4. The fraction of sp³-hybridized carbons (Fsp3) is 0.242. The molecule has 7 nitrogen and oxygen atoms in total. The quantitative estimate of drug-likeness (QED) is 0.204. The highest BCUT2D eigenvalue weighted by Crippen LogP contribution is 2.36. The van der Waals surface area contributed by atoms with E-state index in [0.717, 1.165) is 12.0 Å². The van der Waals surface area contributed by atoms with E-state index in [-0.39, 0.29) is 35.5 Å². The molecule has 3 aromatic carbocycles. The monoisotopic (exact) mass is 587 g/mol. The maximum absolute atomic E-state index is 14.5. The second kappa shape index (κ2) is 13.4. The predicted molar refractivity (Wildman–Crippen MR) is 152 cm³/mol. The Labute approximate surface area is 246 Å². The molecule has 0 bridgehead atoms. The van der Waals surface area contributed by atoms with Crippen molar-refractivity contribution in [2.75, 3.05) is 6.54 Å². The summed E-state index contributed by atoms with van der Waals surface area (Å²) in [6, 6.07) is 18.5. The highest BCUT2D eigenvalue weighted by molar-refractivity contribution is 5.74. The third kappa shape index (κ3) is 6.96. The standard InChI is InChI=1S/C33H28F3N3O4/c34-28-8-2-1-6-26(28)27-7-3-5-24(31(27)32(35)36)20-42-25-11-10-23(18-39-12-4-9-29(39)33(40)41)30(14-25)43-19-22-13-21(15-37)16-38-17-22/h1-3,5-8,10-11,13-14,16-17,29,32H,4,9,12,18-20H2,(H,40,41)/t29-/m0/s1. The van der Waals surface area contributed by atoms with Crippen molar-refractivity contribution in [2.24, 2.45) is 0 Å². The molecule has 0 spiro atoms. The Balaban J connectivity index is 1.41. The summed E-state index contributed by atoms with van der Waals surface area (Å²) in [4.78, 5) is 17.7. The molecule has 1 aromatic heterocycles. The summed E-state index contributed by atoms with van der Waals surface area (Å²) >= 11 is 0. The fourth-order valence-electron chi connectivity index (χ4n) is 5.26. The van der Waals surface area contributed by atoms with Crippen molar-refractivity contribution < 1.29 is 32.5 Å². The average Bonchev–Trinajstić information content (AvgIpc) is 3.48. The number of halogens is 3. The second-order valence-corrected chi connectivity index (χ2v) is 10.2. The van der Waals surface area contributed by atoms with E-state index in [1.54, 1.807) is 42.6 Å². The zero-order chi connectivity index (χ0) is 30.3. The lowest BCUT2D eigenvalue weighted by Gasteiger charge is -2.23. The van der Waals surface area contributed by atoms with Gasteiger partial charge in [-0.15, -0.1) is 0 Å². The van der Waals surface area contributed by atoms with Gasteiger partial charge in [0.2, 0.25) is 0 Å². The highest BCUT2D eigenvalue weighted by Gasteiger charge is 2.31. The number of carbonyl (C=O) groups is 1. The molecule has 0 unspecified atom stereocenters. The van der Waals surface area contributed by atoms with Crippen molar-refractivity contribution in [3.8, 4) is 28.7 Å². The number of hydrogen-bond donors (Lipinski definition) is 1. The number of ether oxygens (including phenoxy) is 2. The minimum absolute atomic E-state index is 0.0798. The Hall–Kier alpha value is -4.88. The molecule has 0 aliphatic carbocycles. The van der Waals surface area contributed by atoms with Gasteiger partial charge in [0, 0.05) is 47.3 Å². The van der Waals surface area contributed by atoms with Gasteiger partial charge in [-0.1, -0.05) is 42.5 Å². The van der Waals surface area contributed by atoms with Crippen LogP contribution in [0.2, 0.25) is 0 Å². The number of nitriles is 1. The number of alkyl halides is 2. The summed E-state index contributed by atoms with van der Waals surface area (Å²) in [7, 11) is 0. The molecule has 4 aromatic rings. The number of likely N-dealkylation sites (tertiary alicyclic amines) is 1. The third-order valence-electron chi connectivity index (χ3n) is 7.35. The zero-order valence-electron chi connectivity index (χ0n) is 23.1. The van der Waals surface area contributed by atoms with Crippen LogP contribution in [-0.4, -0.2) is 33.5 Å². The minimum Gasteiger partial charge on any atom is -0.489 e. The van der Waals surface area contributed by atoms with Crippen molar-refractivity contribution in [1.82, 2.24) is 9.88 Å². The molecule has 0 radical (unpaired) electrons. The number of rotatable bonds is 11. The zero-order valence-corrected chi connectivity index (χ0v) is 23.1. The molecule has 0 amide bonds. The van der Waals surface area contributed by atoms with Crippen LogP contribution in [0.4, 0.5) is 13.2 Å². The van der Waals surface area contributed by atoms with Crippen LogP contribution in [0.5, 0.6) is 11.5 Å². The van der Waals surface area contributed by atoms with Gasteiger partial charge in [0.25, 0.3) is 6.43 Å². The van der Waals surface area contributed by atoms with Gasteiger partial charge in [-0.05, 0) is 48.7 Å². The molecule has 2 heterocycles. The molecule has 1 fully saturated rings. The van der Waals surface area contributed by atoms with Gasteiger partial charge in [-0.3, -0.25) is 14.7 Å². The molecular weight excluding hydrogens is 559 g/mol. The topological polar surface area (TPSA) is 95.7 Å². The Bertz CT molecular complexity index is 1660. The maximum atomic E-state index is 14.5. The van der Waals surface area contributed by atoms with E-state index in [2.05, 4.69) is 4.98 Å². The lowest BCUT2D eigenvalue weighted by atomic mass is 9.95. The van der Waals surface area contributed by atoms with E-state index in [0.29, 0.717) is 42.1 Å². The van der Waals surface area contributed by atoms with Gasteiger partial charge in [0.05, 0.1) is 5.56 Å². The van der Waals surface area contributed by atoms with Gasteiger partial charge >= 0.3 is 5.97 Å². The van der Waals surface area contributed by atoms with Crippen LogP contribution < -0.4 is 9.47 Å². The summed E-state index contributed by atoms with van der Waals surface area (Å²) < 4.78 is 55.1. The van der Waals surface area contributed by atoms with Crippen LogP contribution in [0.3, 0.4) is 0 Å². The van der Waals surface area contributed by atoms with Gasteiger partial charge < -0.3 is 14.6 Å². The van der Waals surface area contributed by atoms with Gasteiger partial charge in [-0.25, -0.2) is 13.2 Å². The molecule has 1 atom stereocenters. The number of hydrogen-bond acceptors (Lipinski definition) is 6. The Morgan fingerprint density at radius 1 is 1.02 bits per heavy atom. The van der Waals surface area contributed by atoms with Crippen LogP contribution in [0.25, 0.3) is 11.1 Å². The maximum Gasteiger partial charge on any atom is 0.320 e. The molecule has 10 heteroatoms. The molecule has 1 N–H and O–H groups in total. The molecule has 5 rings (SSSR count). The summed E-state index contributed by atoms with van der Waals surface area (Å²) in [5.41, 5.74) is 1.85. The van der Waals surface area contributed by atoms with Gasteiger partial charge in [-0.2, -0.15) is 5.26 Å². The van der Waals surface area contributed by atoms with E-state index in [1.807, 2.05) is 11.0 Å². The van der Waals surface area contributed by atoms with Gasteiger partial charge in [0.15, 0.2) is 0 Å². The van der Waals surface area contributed by atoms with E-state index < -0.39 is 24.3 Å². The van der Waals surface area contributed by atoms with Gasteiger partial charge in [0.1, 0.15) is 42.6 Å². The van der Waals surface area contributed by atoms with Crippen LogP contribution in [0.15, 0.2) is 79.1 Å². The number of aromatic nitrogens is 1. The highest BCUT2D eigenvalue weighted by atomic mass is 19.3. The first kappa shape index (κ1) is 29.6. The third-order valence-corrected chi connectivity index (χ3v) is 7.35. The lowest BCUT2D eigenvalue weighted by Crippen LogP contribution is -2.35. The number of benzene rings is 3. The molecule has 0 saturated carbocycles. The number of pyridine rings is 1. The summed E-state index contributed by atoms with van der Waals surface area (Å²) in [5.74, 6) is -0.717. The summed E-state index contributed by atoms with van der Waals surface area (Å²) in [5, 5.41) is 18.8. The first-order valence-corrected chi connectivity index (χ1v) is 13.7. The van der Waals surface area contributed by atoms with E-state index >= 15 is 0 Å². The Morgan fingerprint density at radius 2 is 1.84 bits per heavy atom. The average molecular weight is 588 g/mol. The van der Waals surface area contributed by atoms with Crippen molar-refractivity contribution in [2.45, 2.75) is 45.1 Å². The first-order chi connectivity index (χ1) is 20.8. The normalized spacial score (nSPS) is 14.9. The van der Waals surface area contributed by atoms with Crippen molar-refractivity contribution >= 4 is 5.97 Å². The number of aliphatic carboxylic acids is 1. The summed E-state index contributed by atoms with van der Waals surface area (Å²) in [6.45, 7) is 0.824. The van der Waals surface area contributed by atoms with Crippen LogP contribution in [0.1, 0.15) is 47.1 Å². The minimum atomic E-state index is -2.86. The smallest absolute Gasteiger partial charge is 0.320 e. The van der Waals surface area contributed by atoms with E-state index in [1.165, 1.54) is 36.5 Å². The van der Waals surface area contributed by atoms with Crippen molar-refractivity contribution in [3.63, 3.8) is 0 Å². The molecule has 43 heavy (non-hydrogen) atoms. The predicted octanol–water partition coefficient (Wildman–Crippen LogP) is 6.90.